The fourth-order valence-corrected chi connectivity index (χ4v) is 2.51. The quantitative estimate of drug-likeness (QED) is 0.884. The number of carbonyl (C=O) groups excluding carboxylic acids is 1. The number of fused-ring (bicyclic) bond motifs is 1. The van der Waals surface area contributed by atoms with E-state index in [1.165, 1.54) is 0 Å². The molecular weight excluding hydrogens is 316 g/mol. The third-order valence-electron chi connectivity index (χ3n) is 3.38. The number of nitrogens with one attached hydrogen (secondary N) is 2. The Labute approximate surface area is 139 Å². The van der Waals surface area contributed by atoms with Crippen LogP contribution in [0.1, 0.15) is 5.56 Å². The Morgan fingerprint density at radius 3 is 2.83 bits per heavy atom. The highest BCUT2D eigenvalue weighted by Crippen LogP contribution is 2.36. The molecule has 1 aliphatic rings. The summed E-state index contributed by atoms with van der Waals surface area (Å²) in [4.78, 5) is 12.0. The van der Waals surface area contributed by atoms with Gasteiger partial charge in [0, 0.05) is 11.6 Å². The summed E-state index contributed by atoms with van der Waals surface area (Å²) in [5.41, 5.74) is 1.71. The topological polar surface area (TPSA) is 59.6 Å². The summed E-state index contributed by atoms with van der Waals surface area (Å²) in [6.07, 6.45) is 0. The summed E-state index contributed by atoms with van der Waals surface area (Å²) >= 11 is 5.92. The van der Waals surface area contributed by atoms with E-state index in [0.717, 1.165) is 11.3 Å². The largest absolute Gasteiger partial charge is 0.486 e. The van der Waals surface area contributed by atoms with E-state index in [1.54, 1.807) is 6.07 Å². The maximum Gasteiger partial charge on any atom is 0.239 e. The van der Waals surface area contributed by atoms with Crippen LogP contribution in [0.2, 0.25) is 5.02 Å². The molecule has 0 aromatic heterocycles. The van der Waals surface area contributed by atoms with Crippen LogP contribution in [-0.2, 0) is 11.3 Å². The molecule has 0 saturated carbocycles. The standard InChI is InChI=1S/C17H17ClN2O3/c18-13-4-1-3-12(9-13)10-20-16(21)11-19-14-5-2-6-15-17(14)23-8-7-22-15/h1-6,9,19H,7-8,10-11H2,(H,20,21). The first-order valence-electron chi connectivity index (χ1n) is 7.36. The van der Waals surface area contributed by atoms with Crippen molar-refractivity contribution < 1.29 is 14.3 Å². The number of hydrogen-bond donors (Lipinski definition) is 2. The number of rotatable bonds is 5. The lowest BCUT2D eigenvalue weighted by Gasteiger charge is -2.21. The maximum atomic E-state index is 12.0. The molecule has 120 valence electrons. The van der Waals surface area contributed by atoms with Crippen LogP contribution in [-0.4, -0.2) is 25.7 Å². The summed E-state index contributed by atoms with van der Waals surface area (Å²) in [6, 6.07) is 13.0. The highest BCUT2D eigenvalue weighted by molar-refractivity contribution is 6.30. The zero-order chi connectivity index (χ0) is 16.1. The van der Waals surface area contributed by atoms with Crippen molar-refractivity contribution in [1.29, 1.82) is 0 Å². The summed E-state index contributed by atoms with van der Waals surface area (Å²) in [5.74, 6) is 1.24. The average molecular weight is 333 g/mol. The van der Waals surface area contributed by atoms with Gasteiger partial charge in [-0.05, 0) is 29.8 Å². The first-order valence-corrected chi connectivity index (χ1v) is 7.74. The molecule has 2 N–H and O–H groups in total. The van der Waals surface area contributed by atoms with Crippen LogP contribution < -0.4 is 20.1 Å². The molecule has 0 bridgehead atoms. The molecule has 5 nitrogen and oxygen atoms in total. The van der Waals surface area contributed by atoms with Crippen LogP contribution in [0, 0.1) is 0 Å². The zero-order valence-corrected chi connectivity index (χ0v) is 13.2. The third kappa shape index (κ3) is 4.07. The van der Waals surface area contributed by atoms with Crippen molar-refractivity contribution in [1.82, 2.24) is 5.32 Å². The number of hydrogen-bond acceptors (Lipinski definition) is 4. The van der Waals surface area contributed by atoms with Gasteiger partial charge in [0.15, 0.2) is 11.5 Å². The van der Waals surface area contributed by atoms with Gasteiger partial charge in [0.2, 0.25) is 5.91 Å². The Hall–Kier alpha value is -2.40. The van der Waals surface area contributed by atoms with Gasteiger partial charge in [0.1, 0.15) is 13.2 Å². The molecule has 1 aliphatic heterocycles. The number of benzene rings is 2. The minimum absolute atomic E-state index is 0.112. The van der Waals surface area contributed by atoms with Gasteiger partial charge in [-0.15, -0.1) is 0 Å². The van der Waals surface area contributed by atoms with E-state index in [-0.39, 0.29) is 12.5 Å². The minimum Gasteiger partial charge on any atom is -0.486 e. The summed E-state index contributed by atoms with van der Waals surface area (Å²) < 4.78 is 11.1. The number of ether oxygens (including phenoxy) is 2. The van der Waals surface area contributed by atoms with Crippen molar-refractivity contribution in [2.75, 3.05) is 25.1 Å². The Bertz CT molecular complexity index is 706. The summed E-state index contributed by atoms with van der Waals surface area (Å²) in [6.45, 7) is 1.64. The normalized spacial score (nSPS) is 12.6. The lowest BCUT2D eigenvalue weighted by Crippen LogP contribution is -2.29. The molecule has 2 aromatic rings. The first-order chi connectivity index (χ1) is 11.2. The predicted octanol–water partition coefficient (Wildman–Crippen LogP) is 2.84. The van der Waals surface area contributed by atoms with E-state index in [2.05, 4.69) is 10.6 Å². The summed E-state index contributed by atoms with van der Waals surface area (Å²) in [5, 5.41) is 6.58. The van der Waals surface area contributed by atoms with E-state index >= 15 is 0 Å². The molecule has 6 heteroatoms. The van der Waals surface area contributed by atoms with Gasteiger partial charge >= 0.3 is 0 Å². The van der Waals surface area contributed by atoms with Gasteiger partial charge < -0.3 is 20.1 Å². The molecule has 0 atom stereocenters. The Morgan fingerprint density at radius 1 is 1.13 bits per heavy atom. The van der Waals surface area contributed by atoms with Crippen molar-refractivity contribution in [3.05, 3.63) is 53.1 Å². The Morgan fingerprint density at radius 2 is 1.96 bits per heavy atom. The molecule has 0 unspecified atom stereocenters. The molecule has 23 heavy (non-hydrogen) atoms. The maximum absolute atomic E-state index is 12.0. The van der Waals surface area contributed by atoms with Crippen LogP contribution >= 0.6 is 11.6 Å². The fourth-order valence-electron chi connectivity index (χ4n) is 2.30. The highest BCUT2D eigenvalue weighted by atomic mass is 35.5. The highest BCUT2D eigenvalue weighted by Gasteiger charge is 2.15. The van der Waals surface area contributed by atoms with Crippen molar-refractivity contribution in [2.45, 2.75) is 6.54 Å². The van der Waals surface area contributed by atoms with Crippen LogP contribution in [0.3, 0.4) is 0 Å². The predicted molar refractivity (Wildman–Crippen MR) is 89.2 cm³/mol. The first kappa shape index (κ1) is 15.5. The Kier molecular flexibility index (Phi) is 4.88. The van der Waals surface area contributed by atoms with E-state index in [1.807, 2.05) is 36.4 Å². The summed E-state index contributed by atoms with van der Waals surface area (Å²) in [7, 11) is 0. The molecule has 2 aromatic carbocycles. The monoisotopic (exact) mass is 332 g/mol. The van der Waals surface area contributed by atoms with E-state index < -0.39 is 0 Å². The zero-order valence-electron chi connectivity index (χ0n) is 12.5. The van der Waals surface area contributed by atoms with Gasteiger partial charge in [-0.25, -0.2) is 0 Å². The van der Waals surface area contributed by atoms with Crippen molar-refractivity contribution >= 4 is 23.2 Å². The van der Waals surface area contributed by atoms with E-state index in [4.69, 9.17) is 21.1 Å². The SMILES string of the molecule is O=C(CNc1cccc2c1OCCO2)NCc1cccc(Cl)c1. The van der Waals surface area contributed by atoms with Gasteiger partial charge in [-0.2, -0.15) is 0 Å². The molecule has 0 fully saturated rings. The van der Waals surface area contributed by atoms with E-state index in [9.17, 15) is 4.79 Å². The minimum atomic E-state index is -0.112. The number of amides is 1. The molecule has 0 radical (unpaired) electrons. The number of para-hydroxylation sites is 1. The molecule has 3 rings (SSSR count). The second-order valence-corrected chi connectivity index (χ2v) is 5.53. The van der Waals surface area contributed by atoms with Gasteiger partial charge in [-0.3, -0.25) is 4.79 Å². The smallest absolute Gasteiger partial charge is 0.239 e. The van der Waals surface area contributed by atoms with E-state index in [0.29, 0.717) is 36.3 Å². The van der Waals surface area contributed by atoms with Gasteiger partial charge in [0.25, 0.3) is 0 Å². The number of halogens is 1. The van der Waals surface area contributed by atoms with Crippen LogP contribution in [0.4, 0.5) is 5.69 Å². The number of anilines is 1. The number of carbonyl (C=O) groups is 1. The molecule has 0 spiro atoms. The molecule has 1 heterocycles. The fraction of sp³-hybridized carbons (Fsp3) is 0.235. The van der Waals surface area contributed by atoms with Crippen molar-refractivity contribution in [2.24, 2.45) is 0 Å². The van der Waals surface area contributed by atoms with Crippen molar-refractivity contribution in [3.8, 4) is 11.5 Å². The van der Waals surface area contributed by atoms with Crippen LogP contribution in [0.25, 0.3) is 0 Å². The van der Waals surface area contributed by atoms with Crippen molar-refractivity contribution in [3.63, 3.8) is 0 Å². The molecular formula is C17H17ClN2O3. The lowest BCUT2D eigenvalue weighted by molar-refractivity contribution is -0.119. The van der Waals surface area contributed by atoms with Crippen LogP contribution in [0.5, 0.6) is 11.5 Å². The van der Waals surface area contributed by atoms with Gasteiger partial charge in [-0.1, -0.05) is 29.8 Å². The van der Waals surface area contributed by atoms with Gasteiger partial charge in [0.05, 0.1) is 12.2 Å². The van der Waals surface area contributed by atoms with Crippen LogP contribution in [0.15, 0.2) is 42.5 Å². The molecule has 1 amide bonds. The average Bonchev–Trinajstić information content (AvgIpc) is 2.58. The molecule has 0 saturated heterocycles. The third-order valence-corrected chi connectivity index (χ3v) is 3.62. The second kappa shape index (κ2) is 7.24. The lowest BCUT2D eigenvalue weighted by atomic mass is 10.2. The Balaban J connectivity index is 1.53. The molecule has 0 aliphatic carbocycles. The second-order valence-electron chi connectivity index (χ2n) is 5.09.